The summed E-state index contributed by atoms with van der Waals surface area (Å²) < 4.78 is 7.20. The number of fused-ring (bicyclic) bond motifs is 1. The molecule has 3 aromatic rings. The van der Waals surface area contributed by atoms with E-state index in [1.165, 1.54) is 0 Å². The Bertz CT molecular complexity index is 1060. The number of rotatable bonds is 4. The number of nitrogens with zero attached hydrogens (tertiary/aromatic N) is 4. The van der Waals surface area contributed by atoms with Crippen LogP contribution in [-0.2, 0) is 9.53 Å². The molecule has 29 heavy (non-hydrogen) atoms. The molecule has 1 aromatic carbocycles. The SMILES string of the molecule is CC(C)OC(=O)[C@@H]1[C@@H](O)CCN1c1cc(-n2ccnc2)c2ccc(Cl)c(Cl)c2n1. The number of carbonyl (C=O) groups is 1. The molecule has 1 aliphatic rings. The van der Waals surface area contributed by atoms with Crippen molar-refractivity contribution in [1.29, 1.82) is 0 Å². The Kier molecular flexibility index (Phi) is 5.38. The van der Waals surface area contributed by atoms with E-state index >= 15 is 0 Å². The Balaban J connectivity index is 1.87. The summed E-state index contributed by atoms with van der Waals surface area (Å²) in [5.41, 5.74) is 1.30. The fraction of sp³-hybridized carbons (Fsp3) is 0.350. The lowest BCUT2D eigenvalue weighted by atomic mass is 10.1. The first-order valence-corrected chi connectivity index (χ1v) is 10.0. The molecule has 7 nitrogen and oxygen atoms in total. The standard InChI is InChI=1S/C20H20Cl2N4O3/c1-11(2)29-20(28)19-15(27)5-7-26(19)16-9-14(25-8-6-23-10-25)12-3-4-13(21)17(22)18(12)24-16/h3-4,6,8-11,15,19,27H,5,7H2,1-2H3/t15-,19-/m0/s1. The number of esters is 1. The molecule has 0 radical (unpaired) electrons. The summed E-state index contributed by atoms with van der Waals surface area (Å²) in [5, 5.41) is 11.9. The van der Waals surface area contributed by atoms with E-state index in [1.807, 2.05) is 22.9 Å². The first kappa shape index (κ1) is 19.9. The maximum atomic E-state index is 12.6. The highest BCUT2D eigenvalue weighted by Gasteiger charge is 2.41. The number of pyridine rings is 1. The number of ether oxygens (including phenoxy) is 1. The van der Waals surface area contributed by atoms with E-state index < -0.39 is 18.1 Å². The second kappa shape index (κ2) is 7.82. The number of anilines is 1. The lowest BCUT2D eigenvalue weighted by Crippen LogP contribution is -2.44. The molecule has 152 valence electrons. The van der Waals surface area contributed by atoms with Crippen molar-refractivity contribution in [1.82, 2.24) is 14.5 Å². The summed E-state index contributed by atoms with van der Waals surface area (Å²) in [6.07, 6.45) is 4.46. The van der Waals surface area contributed by atoms with Crippen molar-refractivity contribution in [2.45, 2.75) is 38.5 Å². The van der Waals surface area contributed by atoms with Gasteiger partial charge >= 0.3 is 5.97 Å². The van der Waals surface area contributed by atoms with Crippen molar-refractivity contribution in [3.8, 4) is 5.69 Å². The predicted molar refractivity (Wildman–Crippen MR) is 112 cm³/mol. The highest BCUT2D eigenvalue weighted by molar-refractivity contribution is 6.45. The average Bonchev–Trinajstić information content (AvgIpc) is 3.33. The summed E-state index contributed by atoms with van der Waals surface area (Å²) in [5.74, 6) is 0.0286. The molecular weight excluding hydrogens is 415 g/mol. The van der Waals surface area contributed by atoms with Crippen LogP contribution in [0.4, 0.5) is 5.82 Å². The highest BCUT2D eigenvalue weighted by Crippen LogP contribution is 2.36. The van der Waals surface area contributed by atoms with Crippen LogP contribution in [0.1, 0.15) is 20.3 Å². The number of hydrogen-bond acceptors (Lipinski definition) is 6. The van der Waals surface area contributed by atoms with Gasteiger partial charge in [-0.1, -0.05) is 23.2 Å². The molecule has 0 bridgehead atoms. The van der Waals surface area contributed by atoms with E-state index in [4.69, 9.17) is 32.9 Å². The van der Waals surface area contributed by atoms with Gasteiger partial charge in [-0.05, 0) is 32.4 Å². The number of benzene rings is 1. The third-order valence-corrected chi connectivity index (χ3v) is 5.67. The van der Waals surface area contributed by atoms with Gasteiger partial charge in [0.05, 0.1) is 39.8 Å². The van der Waals surface area contributed by atoms with Gasteiger partial charge in [-0.2, -0.15) is 0 Å². The minimum Gasteiger partial charge on any atom is -0.461 e. The van der Waals surface area contributed by atoms with E-state index in [-0.39, 0.29) is 6.10 Å². The largest absolute Gasteiger partial charge is 0.461 e. The summed E-state index contributed by atoms with van der Waals surface area (Å²) in [6, 6.07) is 4.58. The van der Waals surface area contributed by atoms with Gasteiger partial charge < -0.3 is 19.3 Å². The summed E-state index contributed by atoms with van der Waals surface area (Å²) in [4.78, 5) is 23.2. The molecule has 9 heteroatoms. The molecule has 0 saturated carbocycles. The lowest BCUT2D eigenvalue weighted by Gasteiger charge is -2.27. The topological polar surface area (TPSA) is 80.5 Å². The molecule has 1 saturated heterocycles. The van der Waals surface area contributed by atoms with Crippen LogP contribution in [0.2, 0.25) is 10.0 Å². The molecule has 1 fully saturated rings. The monoisotopic (exact) mass is 434 g/mol. The summed E-state index contributed by atoms with van der Waals surface area (Å²) in [6.45, 7) is 4.01. The third-order valence-electron chi connectivity index (χ3n) is 4.87. The number of carbonyl (C=O) groups excluding carboxylic acids is 1. The van der Waals surface area contributed by atoms with Crippen LogP contribution >= 0.6 is 23.2 Å². The Labute approximate surface area is 177 Å². The molecule has 0 spiro atoms. The van der Waals surface area contributed by atoms with Gasteiger partial charge in [0.15, 0.2) is 6.04 Å². The summed E-state index contributed by atoms with van der Waals surface area (Å²) >= 11 is 12.7. The number of aliphatic hydroxyl groups excluding tert-OH is 1. The summed E-state index contributed by atoms with van der Waals surface area (Å²) in [7, 11) is 0. The Morgan fingerprint density at radius 2 is 2.14 bits per heavy atom. The first-order valence-electron chi connectivity index (χ1n) is 9.29. The van der Waals surface area contributed by atoms with Gasteiger partial charge in [0.2, 0.25) is 0 Å². The molecule has 1 N–H and O–H groups in total. The lowest BCUT2D eigenvalue weighted by molar-refractivity contribution is -0.150. The molecule has 2 atom stereocenters. The van der Waals surface area contributed by atoms with Crippen LogP contribution in [0.5, 0.6) is 0 Å². The van der Waals surface area contributed by atoms with Crippen molar-refractivity contribution in [2.24, 2.45) is 0 Å². The Morgan fingerprint density at radius 1 is 1.34 bits per heavy atom. The normalized spacial score (nSPS) is 19.3. The second-order valence-corrected chi connectivity index (χ2v) is 7.99. The zero-order valence-corrected chi connectivity index (χ0v) is 17.4. The van der Waals surface area contributed by atoms with Crippen LogP contribution in [0.25, 0.3) is 16.6 Å². The number of aromatic nitrogens is 3. The van der Waals surface area contributed by atoms with Gasteiger partial charge in [-0.25, -0.2) is 14.8 Å². The van der Waals surface area contributed by atoms with Crippen molar-refractivity contribution in [3.05, 3.63) is 47.0 Å². The fourth-order valence-corrected chi connectivity index (χ4v) is 3.94. The Morgan fingerprint density at radius 3 is 2.83 bits per heavy atom. The van der Waals surface area contributed by atoms with Gasteiger partial charge in [0.1, 0.15) is 5.82 Å². The number of imidazole rings is 1. The molecule has 1 aliphatic heterocycles. The first-order chi connectivity index (χ1) is 13.9. The maximum absolute atomic E-state index is 12.6. The van der Waals surface area contributed by atoms with Crippen molar-refractivity contribution in [2.75, 3.05) is 11.4 Å². The van der Waals surface area contributed by atoms with Crippen LogP contribution in [0, 0.1) is 0 Å². The predicted octanol–water partition coefficient (Wildman–Crippen LogP) is 3.62. The number of hydrogen-bond donors (Lipinski definition) is 1. The average molecular weight is 435 g/mol. The van der Waals surface area contributed by atoms with Gasteiger partial charge in [-0.15, -0.1) is 0 Å². The zero-order chi connectivity index (χ0) is 20.7. The van der Waals surface area contributed by atoms with Crippen molar-refractivity contribution < 1.29 is 14.6 Å². The van der Waals surface area contributed by atoms with Crippen LogP contribution in [0.15, 0.2) is 36.9 Å². The molecule has 0 aliphatic carbocycles. The number of halogens is 2. The molecule has 2 aromatic heterocycles. The maximum Gasteiger partial charge on any atom is 0.331 e. The third kappa shape index (κ3) is 3.66. The molecule has 4 rings (SSSR count). The minimum absolute atomic E-state index is 0.281. The van der Waals surface area contributed by atoms with E-state index in [1.54, 1.807) is 37.3 Å². The van der Waals surface area contributed by atoms with Gasteiger partial charge in [-0.3, -0.25) is 0 Å². The van der Waals surface area contributed by atoms with E-state index in [0.29, 0.717) is 34.3 Å². The van der Waals surface area contributed by atoms with Crippen LogP contribution < -0.4 is 4.90 Å². The fourth-order valence-electron chi connectivity index (χ4n) is 3.58. The highest BCUT2D eigenvalue weighted by atomic mass is 35.5. The quantitative estimate of drug-likeness (QED) is 0.631. The molecular formula is C20H20Cl2N4O3. The van der Waals surface area contributed by atoms with Gasteiger partial charge in [0, 0.05) is 30.4 Å². The minimum atomic E-state index is -0.842. The van der Waals surface area contributed by atoms with E-state index in [0.717, 1.165) is 11.1 Å². The second-order valence-electron chi connectivity index (χ2n) is 7.21. The van der Waals surface area contributed by atoms with Crippen LogP contribution in [-0.4, -0.2) is 50.4 Å². The van der Waals surface area contributed by atoms with E-state index in [9.17, 15) is 9.90 Å². The Hall–Kier alpha value is -2.35. The zero-order valence-electron chi connectivity index (χ0n) is 15.9. The molecule has 0 unspecified atom stereocenters. The van der Waals surface area contributed by atoms with Crippen molar-refractivity contribution >= 4 is 45.9 Å². The van der Waals surface area contributed by atoms with Crippen LogP contribution in [0.3, 0.4) is 0 Å². The molecule has 0 amide bonds. The van der Waals surface area contributed by atoms with Gasteiger partial charge in [0.25, 0.3) is 0 Å². The van der Waals surface area contributed by atoms with Crippen molar-refractivity contribution in [3.63, 3.8) is 0 Å². The number of aliphatic hydroxyl groups is 1. The smallest absolute Gasteiger partial charge is 0.331 e. The van der Waals surface area contributed by atoms with E-state index in [2.05, 4.69) is 4.98 Å². The molecule has 3 heterocycles.